The van der Waals surface area contributed by atoms with E-state index in [1.807, 2.05) is 30.3 Å². The van der Waals surface area contributed by atoms with Gasteiger partial charge in [-0.3, -0.25) is 0 Å². The highest BCUT2D eigenvalue weighted by Gasteiger charge is 2.25. The van der Waals surface area contributed by atoms with Gasteiger partial charge in [-0.05, 0) is 24.4 Å². The van der Waals surface area contributed by atoms with E-state index in [4.69, 9.17) is 12.2 Å². The molecule has 1 aromatic rings. The molecule has 0 aliphatic carbocycles. The molecule has 0 amide bonds. The number of hydrogen-bond donors (Lipinski definition) is 0. The number of aryl methyl sites for hydroxylation is 1. The van der Waals surface area contributed by atoms with E-state index in [2.05, 4.69) is 27.4 Å². The Kier molecular flexibility index (Phi) is 3.14. The van der Waals surface area contributed by atoms with Gasteiger partial charge in [-0.2, -0.15) is 5.11 Å². The molecule has 0 fully saturated rings. The fraction of sp³-hybridized carbons (Fsp3) is 0.364. The Hall–Kier alpha value is -1.49. The third-order valence-electron chi connectivity index (χ3n) is 2.65. The highest BCUT2D eigenvalue weighted by molar-refractivity contribution is 7.80. The zero-order chi connectivity index (χ0) is 11.5. The summed E-state index contributed by atoms with van der Waals surface area (Å²) in [7, 11) is 2.03. The van der Waals surface area contributed by atoms with Crippen LogP contribution in [0.3, 0.4) is 0 Å². The first kappa shape index (κ1) is 11.0. The van der Waals surface area contributed by atoms with Gasteiger partial charge in [-0.25, -0.2) is 0 Å². The van der Waals surface area contributed by atoms with Gasteiger partial charge < -0.3 is 9.47 Å². The van der Waals surface area contributed by atoms with Crippen molar-refractivity contribution in [2.75, 3.05) is 6.54 Å². The molecular formula is C11H14N4S. The predicted octanol–water partition coefficient (Wildman–Crippen LogP) is 2.13. The smallest absolute Gasteiger partial charge is 0.218 e. The van der Waals surface area contributed by atoms with Crippen molar-refractivity contribution < 1.29 is 0 Å². The predicted molar refractivity (Wildman–Crippen MR) is 67.3 cm³/mol. The first-order chi connectivity index (χ1) is 7.72. The third-order valence-corrected chi connectivity index (χ3v) is 2.97. The average molecular weight is 234 g/mol. The maximum atomic E-state index is 5.12. The maximum Gasteiger partial charge on any atom is 0.218 e. The van der Waals surface area contributed by atoms with Gasteiger partial charge in [-0.1, -0.05) is 6.08 Å². The van der Waals surface area contributed by atoms with Crippen LogP contribution in [0.1, 0.15) is 5.69 Å². The number of aromatic nitrogens is 1. The minimum Gasteiger partial charge on any atom is -0.354 e. The molecule has 1 unspecified atom stereocenters. The summed E-state index contributed by atoms with van der Waals surface area (Å²) in [5, 5.41) is 8.69. The molecule has 4 nitrogen and oxygen atoms in total. The van der Waals surface area contributed by atoms with E-state index in [0.29, 0.717) is 11.7 Å². The van der Waals surface area contributed by atoms with Crippen molar-refractivity contribution in [3.05, 3.63) is 36.7 Å². The molecule has 16 heavy (non-hydrogen) atoms. The van der Waals surface area contributed by atoms with Crippen LogP contribution in [0.25, 0.3) is 0 Å². The number of thiocarbonyl (C=S) groups is 1. The summed E-state index contributed by atoms with van der Waals surface area (Å²) in [6, 6.07) is 4.11. The van der Waals surface area contributed by atoms with Crippen molar-refractivity contribution >= 4 is 17.3 Å². The number of rotatable bonds is 4. The molecule has 5 heteroatoms. The van der Waals surface area contributed by atoms with E-state index in [1.165, 1.54) is 5.69 Å². The fourth-order valence-electron chi connectivity index (χ4n) is 1.75. The number of azo groups is 1. The lowest BCUT2D eigenvalue weighted by molar-refractivity contribution is 0.363. The summed E-state index contributed by atoms with van der Waals surface area (Å²) < 4.78 is 2.09. The van der Waals surface area contributed by atoms with Crippen LogP contribution in [0.2, 0.25) is 0 Å². The Morgan fingerprint density at radius 1 is 1.62 bits per heavy atom. The third kappa shape index (κ3) is 2.04. The quantitative estimate of drug-likeness (QED) is 0.590. The molecule has 0 bridgehead atoms. The molecule has 0 aromatic carbocycles. The van der Waals surface area contributed by atoms with Crippen molar-refractivity contribution in [3.8, 4) is 0 Å². The monoisotopic (exact) mass is 234 g/mol. The van der Waals surface area contributed by atoms with E-state index < -0.39 is 0 Å². The van der Waals surface area contributed by atoms with Gasteiger partial charge in [0, 0.05) is 31.9 Å². The fourth-order valence-corrected chi connectivity index (χ4v) is 1.99. The van der Waals surface area contributed by atoms with Crippen LogP contribution < -0.4 is 0 Å². The molecule has 1 aliphatic heterocycles. The largest absolute Gasteiger partial charge is 0.354 e. The first-order valence-corrected chi connectivity index (χ1v) is 5.55. The van der Waals surface area contributed by atoms with E-state index in [9.17, 15) is 0 Å². The maximum absolute atomic E-state index is 5.12. The van der Waals surface area contributed by atoms with E-state index in [-0.39, 0.29) is 6.17 Å². The van der Waals surface area contributed by atoms with Crippen molar-refractivity contribution in [1.82, 2.24) is 9.47 Å². The van der Waals surface area contributed by atoms with Gasteiger partial charge >= 0.3 is 0 Å². The van der Waals surface area contributed by atoms with E-state index in [1.54, 1.807) is 0 Å². The molecular weight excluding hydrogens is 220 g/mol. The van der Waals surface area contributed by atoms with Crippen LogP contribution in [0.5, 0.6) is 0 Å². The number of nitrogens with zero attached hydrogens (tertiary/aromatic N) is 4. The molecule has 2 rings (SSSR count). The lowest BCUT2D eigenvalue weighted by atomic mass is 10.2. The summed E-state index contributed by atoms with van der Waals surface area (Å²) in [6.07, 6.45) is 4.68. The minimum atomic E-state index is 0.0131. The second kappa shape index (κ2) is 4.57. The lowest BCUT2D eigenvalue weighted by Crippen LogP contribution is -2.34. The summed E-state index contributed by atoms with van der Waals surface area (Å²) >= 11 is 5.12. The van der Waals surface area contributed by atoms with Crippen molar-refractivity contribution in [2.24, 2.45) is 17.3 Å². The Balaban J connectivity index is 2.10. The van der Waals surface area contributed by atoms with Gasteiger partial charge in [-0.15, -0.1) is 11.7 Å². The van der Waals surface area contributed by atoms with Crippen LogP contribution in [-0.4, -0.2) is 27.3 Å². The Bertz CT molecular complexity index is 435. The van der Waals surface area contributed by atoms with Crippen LogP contribution in [0.15, 0.2) is 41.2 Å². The van der Waals surface area contributed by atoms with Gasteiger partial charge in [0.05, 0.1) is 0 Å². The lowest BCUT2D eigenvalue weighted by Gasteiger charge is -2.21. The van der Waals surface area contributed by atoms with E-state index >= 15 is 0 Å². The van der Waals surface area contributed by atoms with Gasteiger partial charge in [0.15, 0.2) is 0 Å². The molecule has 0 saturated heterocycles. The summed E-state index contributed by atoms with van der Waals surface area (Å²) in [6.45, 7) is 4.41. The normalized spacial score (nSPS) is 19.4. The first-order valence-electron chi connectivity index (χ1n) is 5.15. The second-order valence-corrected chi connectivity index (χ2v) is 4.10. The molecule has 1 atom stereocenters. The topological polar surface area (TPSA) is 32.9 Å². The van der Waals surface area contributed by atoms with Crippen LogP contribution in [0.4, 0.5) is 0 Å². The highest BCUT2D eigenvalue weighted by atomic mass is 32.1. The molecule has 1 aromatic heterocycles. The van der Waals surface area contributed by atoms with Gasteiger partial charge in [0.2, 0.25) is 5.11 Å². The highest BCUT2D eigenvalue weighted by Crippen LogP contribution is 2.17. The van der Waals surface area contributed by atoms with Gasteiger partial charge in [0.25, 0.3) is 0 Å². The molecule has 0 spiro atoms. The second-order valence-electron chi connectivity index (χ2n) is 3.73. The van der Waals surface area contributed by atoms with Crippen LogP contribution in [0, 0.1) is 0 Å². The number of hydrogen-bond acceptors (Lipinski definition) is 2. The van der Waals surface area contributed by atoms with Gasteiger partial charge in [0.1, 0.15) is 6.17 Å². The van der Waals surface area contributed by atoms with Crippen molar-refractivity contribution in [2.45, 2.75) is 12.6 Å². The van der Waals surface area contributed by atoms with E-state index in [0.717, 1.165) is 6.42 Å². The molecule has 0 N–H and O–H groups in total. The van der Waals surface area contributed by atoms with Crippen LogP contribution in [-0.2, 0) is 13.5 Å². The Labute approximate surface area is 100 Å². The Morgan fingerprint density at radius 2 is 2.44 bits per heavy atom. The zero-order valence-corrected chi connectivity index (χ0v) is 10.0. The van der Waals surface area contributed by atoms with Crippen molar-refractivity contribution in [1.29, 1.82) is 0 Å². The molecule has 0 saturated carbocycles. The zero-order valence-electron chi connectivity index (χ0n) is 9.21. The summed E-state index contributed by atoms with van der Waals surface area (Å²) in [5.41, 5.74) is 1.22. The van der Waals surface area contributed by atoms with Crippen LogP contribution >= 0.6 is 12.2 Å². The standard InChI is InChI=1S/C11H14N4S/c1-3-6-15-10(12-13-11(15)16)8-9-5-4-7-14(9)2/h3-5,7,10H,1,6,8H2,2H3. The minimum absolute atomic E-state index is 0.0131. The molecule has 2 heterocycles. The molecule has 1 aliphatic rings. The Morgan fingerprint density at radius 3 is 3.06 bits per heavy atom. The van der Waals surface area contributed by atoms with Crippen molar-refractivity contribution in [3.63, 3.8) is 0 Å². The average Bonchev–Trinajstić information content (AvgIpc) is 2.80. The molecule has 0 radical (unpaired) electrons. The summed E-state index contributed by atoms with van der Waals surface area (Å²) in [4.78, 5) is 1.98. The summed E-state index contributed by atoms with van der Waals surface area (Å²) in [5.74, 6) is 0. The SMILES string of the molecule is C=CCN1C(=S)N=NC1Cc1cccn1C. The molecule has 84 valence electrons.